The summed E-state index contributed by atoms with van der Waals surface area (Å²) in [7, 11) is 0. The number of carbonyl (C=O) groups excluding carboxylic acids is 1. The first-order chi connectivity index (χ1) is 13.1. The van der Waals surface area contributed by atoms with Gasteiger partial charge in [0.1, 0.15) is 6.10 Å². The van der Waals surface area contributed by atoms with Crippen molar-refractivity contribution < 1.29 is 9.53 Å². The number of hydrogen-bond donors (Lipinski definition) is 0. The van der Waals surface area contributed by atoms with Gasteiger partial charge in [-0.2, -0.15) is 5.10 Å². The molecule has 27 heavy (non-hydrogen) atoms. The molecule has 0 unspecified atom stereocenters. The van der Waals surface area contributed by atoms with Crippen LogP contribution < -0.4 is 4.74 Å². The Balaban J connectivity index is 1.35. The Bertz CT molecular complexity index is 783. The molecule has 0 spiro atoms. The van der Waals surface area contributed by atoms with Crippen molar-refractivity contribution in [2.24, 2.45) is 0 Å². The number of likely N-dealkylation sites (tertiary alicyclic amines) is 1. The Labute approximate surface area is 159 Å². The first-order valence-electron chi connectivity index (χ1n) is 9.64. The molecule has 0 N–H and O–H groups in total. The average molecular weight is 370 g/mol. The van der Waals surface area contributed by atoms with E-state index in [1.807, 2.05) is 15.6 Å². The minimum atomic E-state index is 0.0161. The highest BCUT2D eigenvalue weighted by molar-refractivity contribution is 5.92. The van der Waals surface area contributed by atoms with Crippen molar-refractivity contribution in [1.82, 2.24) is 29.5 Å². The van der Waals surface area contributed by atoms with Crippen molar-refractivity contribution in [1.29, 1.82) is 0 Å². The number of amides is 1. The summed E-state index contributed by atoms with van der Waals surface area (Å²) in [6.45, 7) is 8.39. The van der Waals surface area contributed by atoms with Crippen molar-refractivity contribution in [2.45, 2.75) is 51.9 Å². The quantitative estimate of drug-likeness (QED) is 0.813. The van der Waals surface area contributed by atoms with E-state index in [4.69, 9.17) is 4.74 Å². The zero-order valence-electron chi connectivity index (χ0n) is 15.9. The Morgan fingerprint density at radius 1 is 1.15 bits per heavy atom. The Morgan fingerprint density at radius 3 is 2.59 bits per heavy atom. The van der Waals surface area contributed by atoms with Crippen molar-refractivity contribution in [2.75, 3.05) is 19.6 Å². The molecule has 144 valence electrons. The Kier molecular flexibility index (Phi) is 5.07. The predicted octanol–water partition coefficient (Wildman–Crippen LogP) is 1.58. The minimum Gasteiger partial charge on any atom is -0.460 e. The van der Waals surface area contributed by atoms with Crippen LogP contribution in [-0.4, -0.2) is 67.2 Å². The molecule has 0 radical (unpaired) electrons. The fourth-order valence-electron chi connectivity index (χ4n) is 3.67. The third kappa shape index (κ3) is 3.95. The lowest BCUT2D eigenvalue weighted by molar-refractivity contribution is 0.0572. The molecule has 4 heterocycles. The van der Waals surface area contributed by atoms with E-state index in [-0.39, 0.29) is 12.0 Å². The molecule has 0 bridgehead atoms. The lowest BCUT2D eigenvalue weighted by Gasteiger charge is -2.31. The van der Waals surface area contributed by atoms with Gasteiger partial charge in [0.2, 0.25) is 0 Å². The van der Waals surface area contributed by atoms with Gasteiger partial charge in [-0.3, -0.25) is 14.4 Å². The van der Waals surface area contributed by atoms with E-state index in [1.54, 1.807) is 18.5 Å². The highest BCUT2D eigenvalue weighted by Gasteiger charge is 2.28. The molecule has 4 rings (SSSR count). The number of hydrogen-bond acceptors (Lipinski definition) is 6. The first kappa shape index (κ1) is 17.9. The van der Waals surface area contributed by atoms with Crippen LogP contribution in [0.3, 0.4) is 0 Å². The molecule has 0 aromatic carbocycles. The zero-order chi connectivity index (χ0) is 18.8. The fourth-order valence-corrected chi connectivity index (χ4v) is 3.67. The highest BCUT2D eigenvalue weighted by atomic mass is 16.5. The van der Waals surface area contributed by atoms with Crippen molar-refractivity contribution in [3.63, 3.8) is 0 Å². The lowest BCUT2D eigenvalue weighted by Crippen LogP contribution is -2.42. The average Bonchev–Trinajstić information content (AvgIpc) is 3.12. The van der Waals surface area contributed by atoms with E-state index < -0.39 is 0 Å². The SMILES string of the molecule is CC(C)N1CCn2nc(C(=O)N3CCC(Oc4ncccn4)CC3)cc2C1. The monoisotopic (exact) mass is 370 g/mol. The third-order valence-corrected chi connectivity index (χ3v) is 5.32. The van der Waals surface area contributed by atoms with Gasteiger partial charge >= 0.3 is 6.01 Å². The van der Waals surface area contributed by atoms with E-state index in [9.17, 15) is 4.79 Å². The molecule has 8 heteroatoms. The molecule has 1 amide bonds. The molecular formula is C19H26N6O2. The molecular weight excluding hydrogens is 344 g/mol. The Morgan fingerprint density at radius 2 is 1.89 bits per heavy atom. The second-order valence-corrected chi connectivity index (χ2v) is 7.45. The summed E-state index contributed by atoms with van der Waals surface area (Å²) in [5.41, 5.74) is 1.68. The topological polar surface area (TPSA) is 76.4 Å². The van der Waals surface area contributed by atoms with Crippen LogP contribution in [0.1, 0.15) is 42.9 Å². The maximum Gasteiger partial charge on any atom is 0.316 e. The predicted molar refractivity (Wildman–Crippen MR) is 99.4 cm³/mol. The van der Waals surface area contributed by atoms with Crippen LogP contribution in [0, 0.1) is 0 Å². The molecule has 1 saturated heterocycles. The van der Waals surface area contributed by atoms with Gasteiger partial charge in [-0.15, -0.1) is 0 Å². The summed E-state index contributed by atoms with van der Waals surface area (Å²) in [6, 6.07) is 4.62. The standard InChI is InChI=1S/C19H26N6O2/c1-14(2)24-10-11-25-15(13-24)12-17(22-25)18(26)23-8-4-16(5-9-23)27-19-20-6-3-7-21-19/h3,6-7,12,14,16H,4-5,8-11,13H2,1-2H3. The minimum absolute atomic E-state index is 0.0161. The number of piperidine rings is 1. The Hall–Kier alpha value is -2.48. The molecule has 2 aliphatic rings. The fraction of sp³-hybridized carbons (Fsp3) is 0.579. The largest absolute Gasteiger partial charge is 0.460 e. The third-order valence-electron chi connectivity index (χ3n) is 5.32. The number of ether oxygens (including phenoxy) is 1. The van der Waals surface area contributed by atoms with Crippen molar-refractivity contribution >= 4 is 5.91 Å². The maximum absolute atomic E-state index is 12.9. The van der Waals surface area contributed by atoms with Crippen LogP contribution in [0.2, 0.25) is 0 Å². The second-order valence-electron chi connectivity index (χ2n) is 7.45. The number of rotatable bonds is 4. The molecule has 0 saturated carbocycles. The molecule has 8 nitrogen and oxygen atoms in total. The zero-order valence-corrected chi connectivity index (χ0v) is 15.9. The van der Waals surface area contributed by atoms with E-state index in [1.165, 1.54) is 0 Å². The van der Waals surface area contributed by atoms with Crippen molar-refractivity contribution in [3.8, 4) is 6.01 Å². The van der Waals surface area contributed by atoms with Crippen LogP contribution in [0.25, 0.3) is 0 Å². The van der Waals surface area contributed by atoms with Gasteiger partial charge in [0.05, 0.1) is 12.2 Å². The van der Waals surface area contributed by atoms with Crippen LogP contribution in [-0.2, 0) is 13.1 Å². The summed E-state index contributed by atoms with van der Waals surface area (Å²) < 4.78 is 7.78. The first-order valence-corrected chi connectivity index (χ1v) is 9.64. The van der Waals surface area contributed by atoms with Gasteiger partial charge in [0, 0.05) is 57.5 Å². The summed E-state index contributed by atoms with van der Waals surface area (Å²) in [6.07, 6.45) is 4.94. The van der Waals surface area contributed by atoms with Crippen LogP contribution in [0.4, 0.5) is 0 Å². The van der Waals surface area contributed by atoms with Crippen molar-refractivity contribution in [3.05, 3.63) is 35.9 Å². The number of aromatic nitrogens is 4. The van der Waals surface area contributed by atoms with Gasteiger partial charge < -0.3 is 9.64 Å². The second kappa shape index (κ2) is 7.64. The maximum atomic E-state index is 12.9. The van der Waals surface area contributed by atoms with Gasteiger partial charge in [-0.1, -0.05) is 0 Å². The smallest absolute Gasteiger partial charge is 0.316 e. The summed E-state index contributed by atoms with van der Waals surface area (Å²) in [5.74, 6) is 0.0161. The van der Waals surface area contributed by atoms with Crippen LogP contribution >= 0.6 is 0 Å². The normalized spacial score (nSPS) is 18.6. The van der Waals surface area contributed by atoms with E-state index >= 15 is 0 Å². The van der Waals surface area contributed by atoms with E-state index in [2.05, 4.69) is 33.8 Å². The lowest BCUT2D eigenvalue weighted by atomic mass is 10.1. The molecule has 0 aliphatic carbocycles. The summed E-state index contributed by atoms with van der Waals surface area (Å²) >= 11 is 0. The van der Waals surface area contributed by atoms with Gasteiger partial charge in [-0.05, 0) is 26.0 Å². The van der Waals surface area contributed by atoms with Gasteiger partial charge in [-0.25, -0.2) is 9.97 Å². The van der Waals surface area contributed by atoms with Gasteiger partial charge in [0.15, 0.2) is 5.69 Å². The number of carbonyl (C=O) groups is 1. The molecule has 2 aromatic heterocycles. The molecule has 2 aliphatic heterocycles. The molecule has 0 atom stereocenters. The van der Waals surface area contributed by atoms with Crippen LogP contribution in [0.5, 0.6) is 6.01 Å². The summed E-state index contributed by atoms with van der Waals surface area (Å²) in [4.78, 5) is 25.3. The van der Waals surface area contributed by atoms with Gasteiger partial charge in [0.25, 0.3) is 5.91 Å². The van der Waals surface area contributed by atoms with Crippen LogP contribution in [0.15, 0.2) is 24.5 Å². The number of fused-ring (bicyclic) bond motifs is 1. The van der Waals surface area contributed by atoms with E-state index in [0.29, 0.717) is 30.8 Å². The number of nitrogens with zero attached hydrogens (tertiary/aromatic N) is 6. The molecule has 2 aromatic rings. The highest BCUT2D eigenvalue weighted by Crippen LogP contribution is 2.20. The molecule has 1 fully saturated rings. The summed E-state index contributed by atoms with van der Waals surface area (Å²) in [5, 5.41) is 4.55. The van der Waals surface area contributed by atoms with E-state index in [0.717, 1.165) is 38.2 Å².